The van der Waals surface area contributed by atoms with Crippen molar-refractivity contribution in [3.63, 3.8) is 0 Å². The minimum absolute atomic E-state index is 0.0414. The number of hydrogen-bond donors (Lipinski definition) is 2. The number of non-ortho nitro benzene ring substituents is 1. The van der Waals surface area contributed by atoms with Crippen LogP contribution in [0.15, 0.2) is 91.0 Å². The maximum absolute atomic E-state index is 12.9. The molecule has 0 aliphatic heterocycles. The minimum Gasteiger partial charge on any atom is -0.508 e. The summed E-state index contributed by atoms with van der Waals surface area (Å²) in [6.07, 6.45) is 0.176. The van der Waals surface area contributed by atoms with Crippen LogP contribution in [0.3, 0.4) is 0 Å². The second kappa shape index (κ2) is 8.67. The van der Waals surface area contributed by atoms with Gasteiger partial charge in [-0.3, -0.25) is 14.9 Å². The molecule has 6 heteroatoms. The van der Waals surface area contributed by atoms with E-state index in [9.17, 15) is 20.0 Å². The zero-order chi connectivity index (χ0) is 21.8. The summed E-state index contributed by atoms with van der Waals surface area (Å²) in [5, 5.41) is 26.5. The molecular weight excluding hydrogens is 392 g/mol. The van der Waals surface area contributed by atoms with Crippen molar-refractivity contribution in [2.75, 3.05) is 0 Å². The highest BCUT2D eigenvalue weighted by molar-refractivity contribution is 5.89. The van der Waals surface area contributed by atoms with Gasteiger partial charge in [-0.05, 0) is 40.1 Å². The fraction of sp³-hybridized carbons (Fsp3) is 0.0800. The van der Waals surface area contributed by atoms with Gasteiger partial charge in [-0.25, -0.2) is 0 Å². The molecule has 0 bridgehead atoms. The molecule has 4 aromatic rings. The molecule has 0 radical (unpaired) electrons. The number of fused-ring (bicyclic) bond motifs is 1. The van der Waals surface area contributed by atoms with E-state index in [1.54, 1.807) is 18.2 Å². The van der Waals surface area contributed by atoms with E-state index in [1.165, 1.54) is 12.1 Å². The van der Waals surface area contributed by atoms with Crippen LogP contribution in [0.1, 0.15) is 22.7 Å². The van der Waals surface area contributed by atoms with Crippen molar-refractivity contribution in [1.29, 1.82) is 0 Å². The van der Waals surface area contributed by atoms with E-state index in [4.69, 9.17) is 0 Å². The highest BCUT2D eigenvalue weighted by Gasteiger charge is 2.23. The Kier molecular flexibility index (Phi) is 5.62. The molecule has 1 atom stereocenters. The van der Waals surface area contributed by atoms with Gasteiger partial charge in [-0.1, -0.05) is 60.7 Å². The molecule has 31 heavy (non-hydrogen) atoms. The maximum atomic E-state index is 12.9. The van der Waals surface area contributed by atoms with E-state index >= 15 is 0 Å². The first-order chi connectivity index (χ1) is 15.0. The third-order valence-corrected chi connectivity index (χ3v) is 5.19. The van der Waals surface area contributed by atoms with Crippen molar-refractivity contribution in [2.45, 2.75) is 12.5 Å². The predicted molar refractivity (Wildman–Crippen MR) is 119 cm³/mol. The van der Waals surface area contributed by atoms with Crippen molar-refractivity contribution in [3.8, 4) is 5.75 Å². The van der Waals surface area contributed by atoms with E-state index in [1.807, 2.05) is 60.7 Å². The number of nitro benzene ring substituents is 1. The summed E-state index contributed by atoms with van der Waals surface area (Å²) >= 11 is 0. The van der Waals surface area contributed by atoms with Gasteiger partial charge in [0.2, 0.25) is 5.91 Å². The van der Waals surface area contributed by atoms with Crippen LogP contribution >= 0.6 is 0 Å². The normalized spacial score (nSPS) is 11.7. The van der Waals surface area contributed by atoms with Crippen molar-refractivity contribution < 1.29 is 14.8 Å². The Morgan fingerprint density at radius 3 is 2.29 bits per heavy atom. The molecular formula is C25H20N2O4. The Balaban J connectivity index is 1.77. The first-order valence-corrected chi connectivity index (χ1v) is 9.81. The van der Waals surface area contributed by atoms with Crippen LogP contribution in [-0.4, -0.2) is 15.9 Å². The molecule has 0 aliphatic rings. The van der Waals surface area contributed by atoms with Crippen LogP contribution in [0.4, 0.5) is 5.69 Å². The number of nitro groups is 1. The van der Waals surface area contributed by atoms with Crippen LogP contribution < -0.4 is 5.32 Å². The van der Waals surface area contributed by atoms with E-state index < -0.39 is 11.0 Å². The zero-order valence-corrected chi connectivity index (χ0v) is 16.6. The summed E-state index contributed by atoms with van der Waals surface area (Å²) in [6, 6.07) is 25.7. The van der Waals surface area contributed by atoms with Crippen LogP contribution in [-0.2, 0) is 11.2 Å². The number of nitrogens with one attached hydrogen (secondary N) is 1. The monoisotopic (exact) mass is 412 g/mol. The highest BCUT2D eigenvalue weighted by Crippen LogP contribution is 2.36. The molecule has 0 aliphatic carbocycles. The lowest BCUT2D eigenvalue weighted by Crippen LogP contribution is -2.30. The average molecular weight is 412 g/mol. The minimum atomic E-state index is -0.678. The lowest BCUT2D eigenvalue weighted by atomic mass is 9.92. The number of phenols is 1. The molecule has 0 fully saturated rings. The number of rotatable bonds is 6. The van der Waals surface area contributed by atoms with E-state index in [0.717, 1.165) is 16.3 Å². The third kappa shape index (κ3) is 4.38. The Morgan fingerprint density at radius 2 is 1.58 bits per heavy atom. The Labute approximate surface area is 178 Å². The van der Waals surface area contributed by atoms with Crippen LogP contribution in [0, 0.1) is 10.1 Å². The van der Waals surface area contributed by atoms with Gasteiger partial charge in [0.15, 0.2) is 0 Å². The zero-order valence-electron chi connectivity index (χ0n) is 16.6. The first kappa shape index (κ1) is 20.1. The first-order valence-electron chi connectivity index (χ1n) is 9.81. The summed E-state index contributed by atoms with van der Waals surface area (Å²) in [5.74, 6) is -0.177. The van der Waals surface area contributed by atoms with Gasteiger partial charge in [0, 0.05) is 17.7 Å². The molecule has 0 spiro atoms. The van der Waals surface area contributed by atoms with Gasteiger partial charge in [0.1, 0.15) is 5.75 Å². The number of nitrogens with zero attached hydrogens (tertiary/aromatic N) is 1. The molecule has 1 amide bonds. The smallest absolute Gasteiger partial charge is 0.269 e. The highest BCUT2D eigenvalue weighted by atomic mass is 16.6. The largest absolute Gasteiger partial charge is 0.508 e. The van der Waals surface area contributed by atoms with Crippen LogP contribution in [0.25, 0.3) is 10.8 Å². The Bertz CT molecular complexity index is 1240. The van der Waals surface area contributed by atoms with E-state index in [-0.39, 0.29) is 23.8 Å². The van der Waals surface area contributed by atoms with Crippen molar-refractivity contribution in [1.82, 2.24) is 5.32 Å². The molecule has 0 unspecified atom stereocenters. The third-order valence-electron chi connectivity index (χ3n) is 5.19. The summed E-state index contributed by atoms with van der Waals surface area (Å²) < 4.78 is 0. The van der Waals surface area contributed by atoms with Crippen LogP contribution in [0.2, 0.25) is 0 Å². The van der Waals surface area contributed by atoms with Crippen LogP contribution in [0.5, 0.6) is 5.75 Å². The average Bonchev–Trinajstić information content (AvgIpc) is 2.78. The molecule has 154 valence electrons. The molecule has 0 aromatic heterocycles. The SMILES string of the molecule is O=C(Cc1ccccc1)N[C@@H](c1ccc([N+](=O)[O-])cc1)c1c(O)ccc2ccccc12. The van der Waals surface area contributed by atoms with Gasteiger partial charge < -0.3 is 10.4 Å². The van der Waals surface area contributed by atoms with Crippen molar-refractivity contribution >= 4 is 22.4 Å². The van der Waals surface area contributed by atoms with Gasteiger partial charge in [-0.15, -0.1) is 0 Å². The molecule has 0 heterocycles. The Hall–Kier alpha value is -4.19. The Morgan fingerprint density at radius 1 is 0.903 bits per heavy atom. The fourth-order valence-electron chi connectivity index (χ4n) is 3.69. The quantitative estimate of drug-likeness (QED) is 0.348. The molecule has 6 nitrogen and oxygen atoms in total. The van der Waals surface area contributed by atoms with Gasteiger partial charge in [-0.2, -0.15) is 0 Å². The van der Waals surface area contributed by atoms with Gasteiger partial charge in [0.25, 0.3) is 5.69 Å². The second-order valence-electron chi connectivity index (χ2n) is 7.23. The number of phenolic OH excluding ortho intramolecular Hbond substituents is 1. The second-order valence-corrected chi connectivity index (χ2v) is 7.23. The summed E-state index contributed by atoms with van der Waals surface area (Å²) in [5.41, 5.74) is 2.01. The molecule has 4 aromatic carbocycles. The fourth-order valence-corrected chi connectivity index (χ4v) is 3.69. The van der Waals surface area contributed by atoms with E-state index in [0.29, 0.717) is 11.1 Å². The van der Waals surface area contributed by atoms with Gasteiger partial charge in [0.05, 0.1) is 17.4 Å². The summed E-state index contributed by atoms with van der Waals surface area (Å²) in [6.45, 7) is 0. The molecule has 2 N–H and O–H groups in total. The standard InChI is InChI=1S/C25H20N2O4/c28-22-15-12-18-8-4-5-9-21(18)24(22)25(19-10-13-20(14-11-19)27(30)31)26-23(29)16-17-6-2-1-3-7-17/h1-15,25,28H,16H2,(H,26,29)/t25-/m0/s1. The number of amides is 1. The summed E-state index contributed by atoms with van der Waals surface area (Å²) in [7, 11) is 0. The number of carbonyl (C=O) groups excluding carboxylic acids is 1. The molecule has 0 saturated heterocycles. The summed E-state index contributed by atoms with van der Waals surface area (Å²) in [4.78, 5) is 23.5. The maximum Gasteiger partial charge on any atom is 0.269 e. The number of aromatic hydroxyl groups is 1. The number of benzene rings is 4. The number of hydrogen-bond acceptors (Lipinski definition) is 4. The molecule has 0 saturated carbocycles. The van der Waals surface area contributed by atoms with Crippen molar-refractivity contribution in [2.24, 2.45) is 0 Å². The topological polar surface area (TPSA) is 92.5 Å². The van der Waals surface area contributed by atoms with Crippen molar-refractivity contribution in [3.05, 3.63) is 118 Å². The molecule has 4 rings (SSSR count). The lowest BCUT2D eigenvalue weighted by molar-refractivity contribution is -0.384. The lowest BCUT2D eigenvalue weighted by Gasteiger charge is -2.22. The van der Waals surface area contributed by atoms with E-state index in [2.05, 4.69) is 5.32 Å². The van der Waals surface area contributed by atoms with Gasteiger partial charge >= 0.3 is 0 Å². The number of carbonyl (C=O) groups is 1. The predicted octanol–water partition coefficient (Wildman–Crippen LogP) is 4.90.